The summed E-state index contributed by atoms with van der Waals surface area (Å²) in [5.41, 5.74) is 0.115. The molecule has 0 aromatic heterocycles. The molecule has 0 saturated carbocycles. The van der Waals surface area contributed by atoms with Crippen molar-refractivity contribution in [1.82, 2.24) is 0 Å². The molecule has 0 bridgehead atoms. The highest BCUT2D eigenvalue weighted by Crippen LogP contribution is 2.36. The second-order valence-electron chi connectivity index (χ2n) is 4.12. The number of nitrogens with zero attached hydrogens (tertiary/aromatic N) is 2. The lowest BCUT2D eigenvalue weighted by Crippen LogP contribution is -2.26. The van der Waals surface area contributed by atoms with E-state index >= 15 is 0 Å². The maximum absolute atomic E-state index is 11.6. The van der Waals surface area contributed by atoms with Gasteiger partial charge < -0.3 is 4.74 Å². The lowest BCUT2D eigenvalue weighted by Gasteiger charge is -2.14. The van der Waals surface area contributed by atoms with E-state index in [1.54, 1.807) is 6.92 Å². The normalized spacial score (nSPS) is 18.6. The maximum atomic E-state index is 11.6. The summed E-state index contributed by atoms with van der Waals surface area (Å²) < 4.78 is 4.98. The number of hydrogen-bond donors (Lipinski definition) is 0. The van der Waals surface area contributed by atoms with Crippen LogP contribution in [0.5, 0.6) is 0 Å². The monoisotopic (exact) mass is 266 g/mol. The van der Waals surface area contributed by atoms with Gasteiger partial charge in [-0.2, -0.15) is 0 Å². The molecule has 2 unspecified atom stereocenters. The molecule has 0 spiro atoms. The van der Waals surface area contributed by atoms with E-state index < -0.39 is 28.0 Å². The molecular formula is C11H10N2O6. The Morgan fingerprint density at radius 3 is 2.58 bits per heavy atom. The van der Waals surface area contributed by atoms with Crippen molar-refractivity contribution >= 4 is 11.7 Å². The zero-order valence-corrected chi connectivity index (χ0v) is 9.94. The van der Waals surface area contributed by atoms with E-state index in [4.69, 9.17) is 4.74 Å². The Labute approximate surface area is 107 Å². The first kappa shape index (κ1) is 12.9. The van der Waals surface area contributed by atoms with Crippen LogP contribution in [0, 0.1) is 20.2 Å². The first-order valence-corrected chi connectivity index (χ1v) is 5.58. The summed E-state index contributed by atoms with van der Waals surface area (Å²) in [7, 11) is 0. The van der Waals surface area contributed by atoms with Crippen molar-refractivity contribution < 1.29 is 19.4 Å². The topological polar surface area (TPSA) is 113 Å². The molecule has 1 aliphatic rings. The van der Waals surface area contributed by atoms with Crippen LogP contribution in [-0.4, -0.2) is 21.9 Å². The Bertz CT molecular complexity index is 570. The zero-order valence-electron chi connectivity index (χ0n) is 9.94. The van der Waals surface area contributed by atoms with Gasteiger partial charge in [-0.15, -0.1) is 0 Å². The number of fused-ring (bicyclic) bond motifs is 1. The Morgan fingerprint density at radius 2 is 2.05 bits per heavy atom. The summed E-state index contributed by atoms with van der Waals surface area (Å²) in [6.45, 7) is 1.62. The number of benzene rings is 1. The average molecular weight is 266 g/mol. The number of rotatable bonds is 4. The van der Waals surface area contributed by atoms with Crippen LogP contribution in [0.15, 0.2) is 18.2 Å². The van der Waals surface area contributed by atoms with Gasteiger partial charge in [0.25, 0.3) is 11.7 Å². The van der Waals surface area contributed by atoms with Crippen molar-refractivity contribution in [3.8, 4) is 0 Å². The molecule has 0 aliphatic carbocycles. The predicted octanol–water partition coefficient (Wildman–Crippen LogP) is 1.86. The quantitative estimate of drug-likeness (QED) is 0.467. The van der Waals surface area contributed by atoms with E-state index in [0.29, 0.717) is 5.56 Å². The van der Waals surface area contributed by atoms with Crippen LogP contribution in [0.4, 0.5) is 5.69 Å². The largest absolute Gasteiger partial charge is 0.446 e. The van der Waals surface area contributed by atoms with Crippen LogP contribution in [-0.2, 0) is 4.74 Å². The van der Waals surface area contributed by atoms with Gasteiger partial charge in [0.2, 0.25) is 0 Å². The van der Waals surface area contributed by atoms with E-state index in [2.05, 4.69) is 0 Å². The summed E-state index contributed by atoms with van der Waals surface area (Å²) in [5.74, 6) is -0.760. The number of ether oxygens (including phenoxy) is 1. The van der Waals surface area contributed by atoms with Crippen molar-refractivity contribution in [3.63, 3.8) is 0 Å². The highest BCUT2D eigenvalue weighted by molar-refractivity contribution is 5.94. The van der Waals surface area contributed by atoms with Crippen LogP contribution >= 0.6 is 0 Å². The molecular weight excluding hydrogens is 256 g/mol. The summed E-state index contributed by atoms with van der Waals surface area (Å²) in [6, 6.07) is 2.59. The lowest BCUT2D eigenvalue weighted by molar-refractivity contribution is -0.535. The molecule has 2 atom stereocenters. The lowest BCUT2D eigenvalue weighted by atomic mass is 9.98. The predicted molar refractivity (Wildman–Crippen MR) is 62.3 cm³/mol. The molecule has 0 amide bonds. The number of hydrogen-bond acceptors (Lipinski definition) is 6. The summed E-state index contributed by atoms with van der Waals surface area (Å²) in [5, 5.41) is 21.5. The number of nitro groups is 2. The average Bonchev–Trinajstić information content (AvgIpc) is 2.67. The van der Waals surface area contributed by atoms with Gasteiger partial charge in [0.05, 0.1) is 10.5 Å². The van der Waals surface area contributed by atoms with Crippen LogP contribution in [0.2, 0.25) is 0 Å². The van der Waals surface area contributed by atoms with Crippen molar-refractivity contribution in [2.45, 2.75) is 25.5 Å². The van der Waals surface area contributed by atoms with Crippen molar-refractivity contribution in [2.24, 2.45) is 0 Å². The third-order valence-electron chi connectivity index (χ3n) is 3.05. The summed E-state index contributed by atoms with van der Waals surface area (Å²) in [4.78, 5) is 32.0. The SMILES string of the molecule is CCC(C1OC(=O)c2cc([N+](=O)[O-])ccc21)[N+](=O)[O-]. The first-order chi connectivity index (χ1) is 8.95. The maximum Gasteiger partial charge on any atom is 0.339 e. The number of carbonyl (C=O) groups is 1. The molecule has 0 N–H and O–H groups in total. The highest BCUT2D eigenvalue weighted by Gasteiger charge is 2.42. The molecule has 1 aromatic rings. The third-order valence-corrected chi connectivity index (χ3v) is 3.05. The molecule has 8 heteroatoms. The fourth-order valence-corrected chi connectivity index (χ4v) is 2.08. The van der Waals surface area contributed by atoms with Gasteiger partial charge >= 0.3 is 5.97 Å². The number of non-ortho nitro benzene ring substituents is 1. The van der Waals surface area contributed by atoms with Crippen LogP contribution in [0.3, 0.4) is 0 Å². The molecule has 19 heavy (non-hydrogen) atoms. The minimum absolute atomic E-state index is 0.0273. The molecule has 100 valence electrons. The molecule has 0 radical (unpaired) electrons. The molecule has 8 nitrogen and oxygen atoms in total. The Balaban J connectivity index is 2.45. The van der Waals surface area contributed by atoms with Crippen molar-refractivity contribution in [3.05, 3.63) is 49.6 Å². The van der Waals surface area contributed by atoms with Crippen molar-refractivity contribution in [1.29, 1.82) is 0 Å². The number of esters is 1. The summed E-state index contributed by atoms with van der Waals surface area (Å²) >= 11 is 0. The van der Waals surface area contributed by atoms with Gasteiger partial charge in [-0.25, -0.2) is 4.79 Å². The number of nitro benzene ring substituents is 1. The molecule has 2 rings (SSSR count). The first-order valence-electron chi connectivity index (χ1n) is 5.58. The Hall–Kier alpha value is -2.51. The van der Waals surface area contributed by atoms with E-state index in [1.807, 2.05) is 0 Å². The van der Waals surface area contributed by atoms with Gasteiger partial charge in [0, 0.05) is 29.0 Å². The molecule has 1 aromatic carbocycles. The van der Waals surface area contributed by atoms with Gasteiger partial charge in [-0.3, -0.25) is 20.2 Å². The zero-order chi connectivity index (χ0) is 14.2. The fraction of sp³-hybridized carbons (Fsp3) is 0.364. The number of carbonyl (C=O) groups excluding carboxylic acids is 1. The van der Waals surface area contributed by atoms with Gasteiger partial charge in [0.1, 0.15) is 0 Å². The molecule has 1 heterocycles. The molecule has 1 aliphatic heterocycles. The highest BCUT2D eigenvalue weighted by atomic mass is 16.6. The van der Waals surface area contributed by atoms with E-state index in [-0.39, 0.29) is 17.7 Å². The van der Waals surface area contributed by atoms with E-state index in [0.717, 1.165) is 6.07 Å². The molecule has 0 fully saturated rings. The minimum atomic E-state index is -1.05. The minimum Gasteiger partial charge on any atom is -0.446 e. The fourth-order valence-electron chi connectivity index (χ4n) is 2.08. The van der Waals surface area contributed by atoms with Crippen LogP contribution in [0.25, 0.3) is 0 Å². The second kappa shape index (κ2) is 4.63. The van der Waals surface area contributed by atoms with Gasteiger partial charge in [-0.1, -0.05) is 6.92 Å². The van der Waals surface area contributed by atoms with Crippen LogP contribution in [0.1, 0.15) is 35.4 Å². The summed E-state index contributed by atoms with van der Waals surface area (Å²) in [6.07, 6.45) is -0.787. The van der Waals surface area contributed by atoms with E-state index in [1.165, 1.54) is 12.1 Å². The standard InChI is InChI=1S/C11H10N2O6/c1-2-9(13(17)18)10-7-4-3-6(12(15)16)5-8(7)11(14)19-10/h3-5,9-10H,2H2,1H3. The number of cyclic esters (lactones) is 1. The third kappa shape index (κ3) is 2.12. The molecule has 0 saturated heterocycles. The van der Waals surface area contributed by atoms with Gasteiger partial charge in [-0.05, 0) is 6.07 Å². The van der Waals surface area contributed by atoms with Crippen LogP contribution < -0.4 is 0 Å². The second-order valence-corrected chi connectivity index (χ2v) is 4.12. The van der Waals surface area contributed by atoms with Crippen molar-refractivity contribution in [2.75, 3.05) is 0 Å². The van der Waals surface area contributed by atoms with Gasteiger partial charge in [0.15, 0.2) is 6.10 Å². The Kier molecular flexibility index (Phi) is 3.16. The smallest absolute Gasteiger partial charge is 0.339 e. The Morgan fingerprint density at radius 1 is 1.37 bits per heavy atom. The van der Waals surface area contributed by atoms with E-state index in [9.17, 15) is 25.0 Å².